The van der Waals surface area contributed by atoms with Crippen molar-refractivity contribution in [3.63, 3.8) is 0 Å². The smallest absolute Gasteiger partial charge is 0.257 e. The van der Waals surface area contributed by atoms with E-state index in [0.29, 0.717) is 39.5 Å². The molecular weight excluding hydrogens is 340 g/mol. The molecule has 1 unspecified atom stereocenters. The van der Waals surface area contributed by atoms with Gasteiger partial charge in [-0.25, -0.2) is 0 Å². The second kappa shape index (κ2) is 5.96. The lowest BCUT2D eigenvalue weighted by Gasteiger charge is -2.25. The molecule has 2 heterocycles. The highest BCUT2D eigenvalue weighted by atomic mass is 16.6. The Bertz CT molecular complexity index is 1070. The Morgan fingerprint density at radius 1 is 1.00 bits per heavy atom. The molecule has 0 amide bonds. The van der Waals surface area contributed by atoms with Gasteiger partial charge in [0.25, 0.3) is 6.29 Å². The molecule has 1 aromatic heterocycles. The van der Waals surface area contributed by atoms with Gasteiger partial charge in [0.2, 0.25) is 5.43 Å². The second-order valence-electron chi connectivity index (χ2n) is 5.71. The molecule has 3 aromatic rings. The summed E-state index contributed by atoms with van der Waals surface area (Å²) >= 11 is 0. The Kier molecular flexibility index (Phi) is 3.73. The van der Waals surface area contributed by atoms with E-state index >= 15 is 0 Å². The van der Waals surface area contributed by atoms with Gasteiger partial charge in [0.05, 0.1) is 32.3 Å². The van der Waals surface area contributed by atoms with Crippen LogP contribution in [0.1, 0.15) is 12.1 Å². The van der Waals surface area contributed by atoms with Crippen molar-refractivity contribution in [2.24, 2.45) is 0 Å². The summed E-state index contributed by atoms with van der Waals surface area (Å²) in [5, 5.41) is 10.7. The maximum absolute atomic E-state index is 13.1. The molecule has 0 fully saturated rings. The molecule has 0 saturated heterocycles. The summed E-state index contributed by atoms with van der Waals surface area (Å²) in [5.74, 6) is 1.75. The van der Waals surface area contributed by atoms with Crippen LogP contribution in [0.15, 0.2) is 39.5 Å². The molecule has 0 bridgehead atoms. The van der Waals surface area contributed by atoms with Gasteiger partial charge in [-0.2, -0.15) is 0 Å². The zero-order valence-corrected chi connectivity index (χ0v) is 14.4. The van der Waals surface area contributed by atoms with Crippen molar-refractivity contribution >= 4 is 11.0 Å². The average molecular weight is 356 g/mol. The Morgan fingerprint density at radius 2 is 1.73 bits per heavy atom. The minimum Gasteiger partial charge on any atom is -0.497 e. The van der Waals surface area contributed by atoms with Crippen LogP contribution in [0.4, 0.5) is 0 Å². The van der Waals surface area contributed by atoms with Gasteiger partial charge in [-0.15, -0.1) is 0 Å². The van der Waals surface area contributed by atoms with E-state index < -0.39 is 6.29 Å². The third kappa shape index (κ3) is 2.28. The van der Waals surface area contributed by atoms with Crippen LogP contribution in [-0.4, -0.2) is 26.4 Å². The fraction of sp³-hybridized carbons (Fsp3) is 0.211. The summed E-state index contributed by atoms with van der Waals surface area (Å²) in [6.45, 7) is 0. The molecule has 134 valence electrons. The number of methoxy groups -OCH3 is 3. The monoisotopic (exact) mass is 356 g/mol. The first-order valence-corrected chi connectivity index (χ1v) is 7.83. The first-order valence-electron chi connectivity index (χ1n) is 7.83. The predicted octanol–water partition coefficient (Wildman–Crippen LogP) is 2.87. The van der Waals surface area contributed by atoms with E-state index in [1.54, 1.807) is 30.3 Å². The number of fused-ring (bicyclic) bond motifs is 4. The molecule has 0 radical (unpaired) electrons. The molecule has 0 spiro atoms. The Balaban J connectivity index is 2.05. The summed E-state index contributed by atoms with van der Waals surface area (Å²) in [5.41, 5.74) is 0.728. The van der Waals surface area contributed by atoms with Gasteiger partial charge in [0.15, 0.2) is 17.3 Å². The number of ether oxygens (including phenoxy) is 4. The largest absolute Gasteiger partial charge is 0.497 e. The minimum absolute atomic E-state index is 0.0375. The van der Waals surface area contributed by atoms with Gasteiger partial charge in [-0.1, -0.05) is 0 Å². The van der Waals surface area contributed by atoms with Crippen LogP contribution in [0.3, 0.4) is 0 Å². The van der Waals surface area contributed by atoms with Crippen molar-refractivity contribution in [2.45, 2.75) is 6.29 Å². The van der Waals surface area contributed by atoms with E-state index in [1.165, 1.54) is 21.3 Å². The highest BCUT2D eigenvalue weighted by Gasteiger charge is 2.32. The van der Waals surface area contributed by atoms with Crippen LogP contribution in [0.5, 0.6) is 23.0 Å². The van der Waals surface area contributed by atoms with Crippen molar-refractivity contribution in [3.8, 4) is 34.1 Å². The lowest BCUT2D eigenvalue weighted by atomic mass is 9.98. The van der Waals surface area contributed by atoms with E-state index in [2.05, 4.69) is 0 Å². The lowest BCUT2D eigenvalue weighted by molar-refractivity contribution is -0.0377. The summed E-state index contributed by atoms with van der Waals surface area (Å²) in [6, 6.07) is 8.09. The topological polar surface area (TPSA) is 87.4 Å². The van der Waals surface area contributed by atoms with E-state index in [4.69, 9.17) is 23.4 Å². The number of rotatable bonds is 3. The fourth-order valence-corrected chi connectivity index (χ4v) is 3.07. The lowest BCUT2D eigenvalue weighted by Crippen LogP contribution is -2.20. The van der Waals surface area contributed by atoms with Crippen LogP contribution in [0.25, 0.3) is 22.1 Å². The summed E-state index contributed by atoms with van der Waals surface area (Å²) < 4.78 is 27.0. The maximum atomic E-state index is 13.1. The average Bonchev–Trinajstić information content (AvgIpc) is 2.66. The number of benzene rings is 2. The highest BCUT2D eigenvalue weighted by Crippen LogP contribution is 2.46. The summed E-state index contributed by atoms with van der Waals surface area (Å²) in [6.07, 6.45) is -1.42. The summed E-state index contributed by atoms with van der Waals surface area (Å²) in [4.78, 5) is 13.1. The Hall–Kier alpha value is -3.19. The molecule has 0 saturated carbocycles. The van der Waals surface area contributed by atoms with Crippen molar-refractivity contribution in [3.05, 3.63) is 46.3 Å². The standard InChI is InChI=1S/C19H16O7/c1-22-9-4-5-10-12(6-9)25-18-16(17(10)20)11-7-14(23-2)15(24-3)8-13(11)26-19(18)21/h4-8,19,21H,1-3H3. The predicted molar refractivity (Wildman–Crippen MR) is 93.2 cm³/mol. The van der Waals surface area contributed by atoms with Gasteiger partial charge in [0.1, 0.15) is 17.1 Å². The van der Waals surface area contributed by atoms with Gasteiger partial charge in [-0.05, 0) is 18.2 Å². The second-order valence-corrected chi connectivity index (χ2v) is 5.71. The molecule has 7 heteroatoms. The molecule has 7 nitrogen and oxygen atoms in total. The van der Waals surface area contributed by atoms with Gasteiger partial charge in [0, 0.05) is 17.7 Å². The molecular formula is C19H16O7. The maximum Gasteiger partial charge on any atom is 0.257 e. The number of aliphatic hydroxyl groups excluding tert-OH is 1. The molecule has 2 aromatic carbocycles. The molecule has 1 atom stereocenters. The van der Waals surface area contributed by atoms with Crippen LogP contribution < -0.4 is 24.4 Å². The van der Waals surface area contributed by atoms with Gasteiger partial charge >= 0.3 is 0 Å². The number of aliphatic hydroxyl groups is 1. The molecule has 1 aliphatic rings. The van der Waals surface area contributed by atoms with E-state index in [1.807, 2.05) is 0 Å². The van der Waals surface area contributed by atoms with Crippen molar-refractivity contribution < 1.29 is 28.5 Å². The van der Waals surface area contributed by atoms with Crippen molar-refractivity contribution in [1.29, 1.82) is 0 Å². The number of hydrogen-bond acceptors (Lipinski definition) is 7. The molecule has 4 rings (SSSR count). The molecule has 26 heavy (non-hydrogen) atoms. The Morgan fingerprint density at radius 3 is 2.42 bits per heavy atom. The van der Waals surface area contributed by atoms with Crippen LogP contribution in [0, 0.1) is 0 Å². The zero-order valence-electron chi connectivity index (χ0n) is 14.4. The zero-order chi connectivity index (χ0) is 18.4. The molecule has 0 aliphatic carbocycles. The third-order valence-electron chi connectivity index (χ3n) is 4.34. The van der Waals surface area contributed by atoms with Gasteiger partial charge < -0.3 is 28.5 Å². The minimum atomic E-state index is -1.42. The van der Waals surface area contributed by atoms with E-state index in [0.717, 1.165) is 0 Å². The van der Waals surface area contributed by atoms with Crippen LogP contribution >= 0.6 is 0 Å². The quantitative estimate of drug-likeness (QED) is 0.772. The third-order valence-corrected chi connectivity index (χ3v) is 4.34. The molecule has 1 N–H and O–H groups in total. The van der Waals surface area contributed by atoms with Crippen LogP contribution in [0.2, 0.25) is 0 Å². The SMILES string of the molecule is COc1ccc2c(=O)c3c(oc2c1)C(O)Oc1cc(OC)c(OC)cc1-3. The van der Waals surface area contributed by atoms with Crippen molar-refractivity contribution in [1.82, 2.24) is 0 Å². The Labute approximate surface area is 148 Å². The molecule has 1 aliphatic heterocycles. The first kappa shape index (κ1) is 16.3. The normalized spacial score (nSPS) is 15.0. The summed E-state index contributed by atoms with van der Waals surface area (Å²) in [7, 11) is 4.51. The first-order chi connectivity index (χ1) is 12.6. The van der Waals surface area contributed by atoms with E-state index in [9.17, 15) is 9.90 Å². The highest BCUT2D eigenvalue weighted by molar-refractivity contribution is 5.86. The van der Waals surface area contributed by atoms with E-state index in [-0.39, 0.29) is 16.8 Å². The van der Waals surface area contributed by atoms with Gasteiger partial charge in [-0.3, -0.25) is 4.79 Å². The number of hydrogen-bond donors (Lipinski definition) is 1. The fourth-order valence-electron chi connectivity index (χ4n) is 3.07. The van der Waals surface area contributed by atoms with Crippen LogP contribution in [-0.2, 0) is 0 Å². The van der Waals surface area contributed by atoms with Crippen molar-refractivity contribution in [2.75, 3.05) is 21.3 Å².